The highest BCUT2D eigenvalue weighted by Crippen LogP contribution is 1.88. The Morgan fingerprint density at radius 3 is 2.31 bits per heavy atom. The molecule has 80 valence electrons. The van der Waals surface area contributed by atoms with Gasteiger partial charge in [0.1, 0.15) is 6.79 Å². The van der Waals surface area contributed by atoms with Gasteiger partial charge in [0.05, 0.1) is 26.4 Å². The summed E-state index contributed by atoms with van der Waals surface area (Å²) in [4.78, 5) is 0. The molecule has 13 heavy (non-hydrogen) atoms. The molecule has 0 fully saturated rings. The first kappa shape index (κ1) is 12.8. The molecular weight excluding hydrogens is 172 g/mol. The highest BCUT2D eigenvalue weighted by molar-refractivity contribution is 4.30. The van der Waals surface area contributed by atoms with Crippen LogP contribution in [0.15, 0.2) is 0 Å². The molecule has 0 spiro atoms. The van der Waals surface area contributed by atoms with E-state index in [2.05, 4.69) is 6.92 Å². The van der Waals surface area contributed by atoms with E-state index in [1.807, 2.05) is 0 Å². The molecule has 4 nitrogen and oxygen atoms in total. The molecule has 0 aromatic rings. The third kappa shape index (κ3) is 11.8. The average molecular weight is 192 g/mol. The lowest BCUT2D eigenvalue weighted by molar-refractivity contribution is -0.0713. The van der Waals surface area contributed by atoms with Gasteiger partial charge < -0.3 is 19.3 Å². The van der Waals surface area contributed by atoms with Crippen LogP contribution in [-0.4, -0.2) is 44.9 Å². The van der Waals surface area contributed by atoms with Gasteiger partial charge in [-0.05, 0) is 6.42 Å². The summed E-state index contributed by atoms with van der Waals surface area (Å²) in [5.41, 5.74) is 0. The molecule has 0 aliphatic rings. The second-order valence-electron chi connectivity index (χ2n) is 2.62. The minimum absolute atomic E-state index is 0.0625. The zero-order valence-corrected chi connectivity index (χ0v) is 8.33. The highest BCUT2D eigenvalue weighted by Gasteiger charge is 1.89. The fourth-order valence-corrected chi connectivity index (χ4v) is 0.708. The van der Waals surface area contributed by atoms with E-state index in [1.54, 1.807) is 0 Å². The lowest BCUT2D eigenvalue weighted by atomic mass is 10.4. The summed E-state index contributed by atoms with van der Waals surface area (Å²) in [5.74, 6) is 0. The van der Waals surface area contributed by atoms with Gasteiger partial charge in [-0.25, -0.2) is 0 Å². The van der Waals surface area contributed by atoms with Crippen LogP contribution >= 0.6 is 0 Å². The molecule has 0 aliphatic carbocycles. The second-order valence-corrected chi connectivity index (χ2v) is 2.62. The normalized spacial score (nSPS) is 10.6. The van der Waals surface area contributed by atoms with E-state index in [-0.39, 0.29) is 6.61 Å². The van der Waals surface area contributed by atoms with Crippen LogP contribution in [0.3, 0.4) is 0 Å². The highest BCUT2D eigenvalue weighted by atomic mass is 16.7. The Morgan fingerprint density at radius 1 is 0.923 bits per heavy atom. The van der Waals surface area contributed by atoms with E-state index in [4.69, 9.17) is 19.3 Å². The SMILES string of the molecule is CCCCOCOCCOCCO. The number of rotatable bonds is 10. The molecule has 0 rings (SSSR count). The molecule has 0 aromatic carbocycles. The van der Waals surface area contributed by atoms with Gasteiger partial charge in [-0.3, -0.25) is 0 Å². The first-order chi connectivity index (χ1) is 6.41. The Labute approximate surface area is 79.8 Å². The van der Waals surface area contributed by atoms with Crippen LogP contribution in [-0.2, 0) is 14.2 Å². The molecule has 1 N–H and O–H groups in total. The Kier molecular flexibility index (Phi) is 11.7. The molecule has 0 atom stereocenters. The summed E-state index contributed by atoms with van der Waals surface area (Å²) in [7, 11) is 0. The standard InChI is InChI=1S/C9H20O4/c1-2-3-5-12-9-13-8-7-11-6-4-10/h10H,2-9H2,1H3. The van der Waals surface area contributed by atoms with Gasteiger partial charge in [0.2, 0.25) is 0 Å². The van der Waals surface area contributed by atoms with E-state index >= 15 is 0 Å². The van der Waals surface area contributed by atoms with Gasteiger partial charge >= 0.3 is 0 Å². The van der Waals surface area contributed by atoms with Crippen LogP contribution < -0.4 is 0 Å². The lowest BCUT2D eigenvalue weighted by Gasteiger charge is -2.05. The zero-order chi connectivity index (χ0) is 9.78. The van der Waals surface area contributed by atoms with Crippen molar-refractivity contribution in [2.45, 2.75) is 19.8 Å². The fourth-order valence-electron chi connectivity index (χ4n) is 0.708. The average Bonchev–Trinajstić information content (AvgIpc) is 2.16. The van der Waals surface area contributed by atoms with Gasteiger partial charge in [0.25, 0.3) is 0 Å². The maximum Gasteiger partial charge on any atom is 0.146 e. The Hall–Kier alpha value is -0.160. The lowest BCUT2D eigenvalue weighted by Crippen LogP contribution is -2.09. The summed E-state index contributed by atoms with van der Waals surface area (Å²) in [6, 6.07) is 0. The van der Waals surface area contributed by atoms with Gasteiger partial charge in [-0.2, -0.15) is 0 Å². The number of hydrogen-bond acceptors (Lipinski definition) is 4. The van der Waals surface area contributed by atoms with E-state index in [9.17, 15) is 0 Å². The number of aliphatic hydroxyl groups excluding tert-OH is 1. The van der Waals surface area contributed by atoms with Gasteiger partial charge in [0.15, 0.2) is 0 Å². The van der Waals surface area contributed by atoms with Crippen LogP contribution in [0, 0.1) is 0 Å². The minimum Gasteiger partial charge on any atom is -0.394 e. The number of unbranched alkanes of at least 4 members (excludes halogenated alkanes) is 1. The van der Waals surface area contributed by atoms with E-state index < -0.39 is 0 Å². The van der Waals surface area contributed by atoms with Crippen molar-refractivity contribution in [2.24, 2.45) is 0 Å². The summed E-state index contributed by atoms with van der Waals surface area (Å²) in [5, 5.41) is 8.38. The van der Waals surface area contributed by atoms with Crippen molar-refractivity contribution in [1.82, 2.24) is 0 Å². The third-order valence-corrected chi connectivity index (χ3v) is 1.42. The van der Waals surface area contributed by atoms with Crippen molar-refractivity contribution >= 4 is 0 Å². The second kappa shape index (κ2) is 11.8. The topological polar surface area (TPSA) is 47.9 Å². The van der Waals surface area contributed by atoms with Crippen LogP contribution in [0.5, 0.6) is 0 Å². The Balaban J connectivity index is 2.76. The maximum atomic E-state index is 8.38. The third-order valence-electron chi connectivity index (χ3n) is 1.42. The van der Waals surface area contributed by atoms with Crippen LogP contribution in [0.2, 0.25) is 0 Å². The summed E-state index contributed by atoms with van der Waals surface area (Å²) >= 11 is 0. The van der Waals surface area contributed by atoms with Crippen molar-refractivity contribution < 1.29 is 19.3 Å². The number of hydrogen-bond donors (Lipinski definition) is 1. The molecule has 4 heteroatoms. The quantitative estimate of drug-likeness (QED) is 0.410. The predicted molar refractivity (Wildman–Crippen MR) is 49.6 cm³/mol. The monoisotopic (exact) mass is 192 g/mol. The molecule has 0 radical (unpaired) electrons. The molecular formula is C9H20O4. The molecule has 0 bridgehead atoms. The van der Waals surface area contributed by atoms with E-state index in [0.717, 1.165) is 19.4 Å². The molecule has 0 heterocycles. The Bertz CT molecular complexity index is 77.7. The van der Waals surface area contributed by atoms with Crippen molar-refractivity contribution in [2.75, 3.05) is 39.8 Å². The largest absolute Gasteiger partial charge is 0.394 e. The smallest absolute Gasteiger partial charge is 0.146 e. The summed E-state index contributed by atoms with van der Waals surface area (Å²) in [6.45, 7) is 4.68. The fraction of sp³-hybridized carbons (Fsp3) is 1.00. The van der Waals surface area contributed by atoms with Crippen molar-refractivity contribution in [1.29, 1.82) is 0 Å². The van der Waals surface area contributed by atoms with E-state index in [0.29, 0.717) is 26.6 Å². The van der Waals surface area contributed by atoms with Gasteiger partial charge in [0, 0.05) is 6.61 Å². The zero-order valence-electron chi connectivity index (χ0n) is 8.33. The van der Waals surface area contributed by atoms with Crippen molar-refractivity contribution in [3.63, 3.8) is 0 Å². The summed E-state index contributed by atoms with van der Waals surface area (Å²) in [6.07, 6.45) is 2.21. The van der Waals surface area contributed by atoms with E-state index in [1.165, 1.54) is 0 Å². The van der Waals surface area contributed by atoms with Gasteiger partial charge in [-0.1, -0.05) is 13.3 Å². The summed E-state index contributed by atoms with van der Waals surface area (Å²) < 4.78 is 15.2. The van der Waals surface area contributed by atoms with Crippen LogP contribution in [0.4, 0.5) is 0 Å². The molecule has 0 aromatic heterocycles. The predicted octanol–water partition coefficient (Wildman–Crippen LogP) is 0.786. The molecule has 0 saturated carbocycles. The van der Waals surface area contributed by atoms with Crippen molar-refractivity contribution in [3.8, 4) is 0 Å². The van der Waals surface area contributed by atoms with Crippen LogP contribution in [0.25, 0.3) is 0 Å². The first-order valence-electron chi connectivity index (χ1n) is 4.76. The maximum absolute atomic E-state index is 8.38. The Morgan fingerprint density at radius 2 is 1.62 bits per heavy atom. The minimum atomic E-state index is 0.0625. The molecule has 0 saturated heterocycles. The molecule has 0 amide bonds. The van der Waals surface area contributed by atoms with Crippen molar-refractivity contribution in [3.05, 3.63) is 0 Å². The number of ether oxygens (including phenoxy) is 3. The molecule has 0 aliphatic heterocycles. The van der Waals surface area contributed by atoms with Gasteiger partial charge in [-0.15, -0.1) is 0 Å². The number of aliphatic hydroxyl groups is 1. The first-order valence-corrected chi connectivity index (χ1v) is 4.76. The molecule has 0 unspecified atom stereocenters. The van der Waals surface area contributed by atoms with Crippen LogP contribution in [0.1, 0.15) is 19.8 Å².